The summed E-state index contributed by atoms with van der Waals surface area (Å²) < 4.78 is 12.8. The van der Waals surface area contributed by atoms with E-state index < -0.39 is 0 Å². The average molecular weight is 221 g/mol. The van der Waals surface area contributed by atoms with Crippen LogP contribution in [0.25, 0.3) is 0 Å². The number of carbonyl (C=O) groups excluding carboxylic acids is 1. The molecule has 2 rings (SSSR count). The number of halogens is 1. The Labute approximate surface area is 90.4 Å². The van der Waals surface area contributed by atoms with E-state index in [-0.39, 0.29) is 5.82 Å². The van der Waals surface area contributed by atoms with E-state index in [4.69, 9.17) is 0 Å². The van der Waals surface area contributed by atoms with Crippen molar-refractivity contribution in [2.45, 2.75) is 6.42 Å². The molecule has 0 atom stereocenters. The van der Waals surface area contributed by atoms with Gasteiger partial charge in [0, 0.05) is 23.6 Å². The molecule has 0 saturated heterocycles. The molecule has 15 heavy (non-hydrogen) atoms. The molecule has 0 unspecified atom stereocenters. The van der Waals surface area contributed by atoms with E-state index in [1.807, 2.05) is 5.38 Å². The fourth-order valence-corrected chi connectivity index (χ4v) is 1.98. The van der Waals surface area contributed by atoms with E-state index in [0.29, 0.717) is 18.3 Å². The van der Waals surface area contributed by atoms with E-state index >= 15 is 0 Å². The summed E-state index contributed by atoms with van der Waals surface area (Å²) in [6.45, 7) is 0. The Morgan fingerprint density at radius 3 is 3.00 bits per heavy atom. The van der Waals surface area contributed by atoms with Crippen molar-refractivity contribution >= 4 is 17.6 Å². The summed E-state index contributed by atoms with van der Waals surface area (Å²) in [5.74, 6) is -0.389. The summed E-state index contributed by atoms with van der Waals surface area (Å²) in [5.41, 5.74) is 1.20. The number of carbonyl (C=O) groups is 1. The minimum atomic E-state index is -0.389. The molecule has 4 heteroatoms. The lowest BCUT2D eigenvalue weighted by Gasteiger charge is -2.02. The second-order valence-electron chi connectivity index (χ2n) is 3.06. The van der Waals surface area contributed by atoms with Crippen molar-refractivity contribution in [3.05, 3.63) is 51.7 Å². The van der Waals surface area contributed by atoms with Gasteiger partial charge in [0.15, 0.2) is 0 Å². The van der Waals surface area contributed by atoms with Gasteiger partial charge in [-0.15, -0.1) is 11.3 Å². The van der Waals surface area contributed by atoms with Crippen LogP contribution in [0.3, 0.4) is 0 Å². The van der Waals surface area contributed by atoms with Crippen molar-refractivity contribution in [3.63, 3.8) is 0 Å². The first-order valence-electron chi connectivity index (χ1n) is 4.41. The SMILES string of the molecule is O=Cc1cc(F)ccc1Cc1nccs1. The summed E-state index contributed by atoms with van der Waals surface area (Å²) in [6.07, 6.45) is 2.96. The van der Waals surface area contributed by atoms with Gasteiger partial charge in [0.2, 0.25) is 0 Å². The van der Waals surface area contributed by atoms with Crippen LogP contribution in [-0.2, 0) is 6.42 Å². The van der Waals surface area contributed by atoms with Gasteiger partial charge in [-0.2, -0.15) is 0 Å². The molecule has 1 aromatic carbocycles. The van der Waals surface area contributed by atoms with Crippen molar-refractivity contribution in [1.29, 1.82) is 0 Å². The fraction of sp³-hybridized carbons (Fsp3) is 0.0909. The molecule has 76 valence electrons. The van der Waals surface area contributed by atoms with Crippen molar-refractivity contribution in [3.8, 4) is 0 Å². The molecule has 2 nitrogen and oxygen atoms in total. The van der Waals surface area contributed by atoms with Crippen LogP contribution in [0, 0.1) is 5.82 Å². The molecule has 0 aliphatic carbocycles. The number of aldehydes is 1. The van der Waals surface area contributed by atoms with E-state index in [0.717, 1.165) is 10.6 Å². The number of hydrogen-bond acceptors (Lipinski definition) is 3. The summed E-state index contributed by atoms with van der Waals surface area (Å²) in [6, 6.07) is 4.23. The molecule has 0 N–H and O–H groups in total. The lowest BCUT2D eigenvalue weighted by atomic mass is 10.1. The van der Waals surface area contributed by atoms with Crippen molar-refractivity contribution in [2.75, 3.05) is 0 Å². The molecular weight excluding hydrogens is 213 g/mol. The minimum Gasteiger partial charge on any atom is -0.298 e. The molecule has 0 aliphatic heterocycles. The lowest BCUT2D eigenvalue weighted by Crippen LogP contribution is -1.95. The smallest absolute Gasteiger partial charge is 0.150 e. The van der Waals surface area contributed by atoms with Crippen LogP contribution in [0.4, 0.5) is 4.39 Å². The maximum Gasteiger partial charge on any atom is 0.150 e. The van der Waals surface area contributed by atoms with E-state index in [1.54, 1.807) is 12.3 Å². The number of thiazole rings is 1. The van der Waals surface area contributed by atoms with Gasteiger partial charge in [-0.3, -0.25) is 4.79 Å². The highest BCUT2D eigenvalue weighted by Crippen LogP contribution is 2.15. The van der Waals surface area contributed by atoms with Gasteiger partial charge in [0.05, 0.1) is 5.01 Å². The minimum absolute atomic E-state index is 0.389. The first kappa shape index (κ1) is 9.98. The van der Waals surface area contributed by atoms with Crippen LogP contribution in [0.5, 0.6) is 0 Å². The molecule has 1 aromatic heterocycles. The molecule has 0 bridgehead atoms. The van der Waals surface area contributed by atoms with E-state index in [1.165, 1.54) is 23.5 Å². The van der Waals surface area contributed by atoms with Gasteiger partial charge in [-0.25, -0.2) is 9.37 Å². The van der Waals surface area contributed by atoms with Gasteiger partial charge >= 0.3 is 0 Å². The van der Waals surface area contributed by atoms with Crippen LogP contribution in [0.2, 0.25) is 0 Å². The predicted molar refractivity (Wildman–Crippen MR) is 56.7 cm³/mol. The summed E-state index contributed by atoms with van der Waals surface area (Å²) in [7, 11) is 0. The average Bonchev–Trinajstić information content (AvgIpc) is 2.73. The Kier molecular flexibility index (Phi) is 2.87. The van der Waals surface area contributed by atoms with Crippen LogP contribution in [0.15, 0.2) is 29.8 Å². The zero-order chi connectivity index (χ0) is 10.7. The van der Waals surface area contributed by atoms with Crippen molar-refractivity contribution in [2.24, 2.45) is 0 Å². The second kappa shape index (κ2) is 4.31. The highest BCUT2D eigenvalue weighted by atomic mass is 32.1. The third kappa shape index (κ3) is 2.27. The lowest BCUT2D eigenvalue weighted by molar-refractivity contribution is 0.112. The van der Waals surface area contributed by atoms with Gasteiger partial charge < -0.3 is 0 Å². The number of rotatable bonds is 3. The first-order chi connectivity index (χ1) is 7.29. The van der Waals surface area contributed by atoms with Crippen LogP contribution in [-0.4, -0.2) is 11.3 Å². The van der Waals surface area contributed by atoms with Crippen molar-refractivity contribution < 1.29 is 9.18 Å². The Morgan fingerprint density at radius 1 is 1.47 bits per heavy atom. The molecule has 0 aliphatic rings. The molecule has 2 aromatic rings. The molecule has 0 spiro atoms. The van der Waals surface area contributed by atoms with Crippen molar-refractivity contribution in [1.82, 2.24) is 4.98 Å². The van der Waals surface area contributed by atoms with Gasteiger partial charge in [0.1, 0.15) is 12.1 Å². The standard InChI is InChI=1S/C11H8FNOS/c12-10-2-1-8(9(5-10)7-14)6-11-13-3-4-15-11/h1-5,7H,6H2. The summed E-state index contributed by atoms with van der Waals surface area (Å²) >= 11 is 1.52. The number of benzene rings is 1. The van der Waals surface area contributed by atoms with E-state index in [2.05, 4.69) is 4.98 Å². The Balaban J connectivity index is 2.32. The first-order valence-corrected chi connectivity index (χ1v) is 5.29. The van der Waals surface area contributed by atoms with Crippen LogP contribution >= 0.6 is 11.3 Å². The molecule has 0 radical (unpaired) electrons. The topological polar surface area (TPSA) is 30.0 Å². The third-order valence-electron chi connectivity index (χ3n) is 2.06. The number of nitrogens with zero attached hydrogens (tertiary/aromatic N) is 1. The molecular formula is C11H8FNOS. The zero-order valence-corrected chi connectivity index (χ0v) is 8.63. The highest BCUT2D eigenvalue weighted by molar-refractivity contribution is 7.09. The largest absolute Gasteiger partial charge is 0.298 e. The fourth-order valence-electron chi connectivity index (χ4n) is 1.34. The Bertz CT molecular complexity index is 467. The molecule has 0 saturated carbocycles. The molecule has 0 fully saturated rings. The number of aromatic nitrogens is 1. The van der Waals surface area contributed by atoms with Crippen LogP contribution in [0.1, 0.15) is 20.9 Å². The third-order valence-corrected chi connectivity index (χ3v) is 2.84. The maximum absolute atomic E-state index is 12.8. The second-order valence-corrected chi connectivity index (χ2v) is 4.04. The van der Waals surface area contributed by atoms with Crippen LogP contribution < -0.4 is 0 Å². The Morgan fingerprint density at radius 2 is 2.33 bits per heavy atom. The normalized spacial score (nSPS) is 10.2. The van der Waals surface area contributed by atoms with Gasteiger partial charge in [-0.1, -0.05) is 6.07 Å². The van der Waals surface area contributed by atoms with E-state index in [9.17, 15) is 9.18 Å². The Hall–Kier alpha value is -1.55. The predicted octanol–water partition coefficient (Wildman–Crippen LogP) is 2.69. The maximum atomic E-state index is 12.8. The molecule has 1 heterocycles. The summed E-state index contributed by atoms with van der Waals surface area (Å²) in [4.78, 5) is 14.8. The monoisotopic (exact) mass is 221 g/mol. The quantitative estimate of drug-likeness (QED) is 0.746. The van der Waals surface area contributed by atoms with Gasteiger partial charge in [-0.05, 0) is 17.7 Å². The zero-order valence-electron chi connectivity index (χ0n) is 7.81. The number of hydrogen-bond donors (Lipinski definition) is 0. The highest BCUT2D eigenvalue weighted by Gasteiger charge is 2.05. The van der Waals surface area contributed by atoms with Gasteiger partial charge in [0.25, 0.3) is 0 Å². The molecule has 0 amide bonds. The summed E-state index contributed by atoms with van der Waals surface area (Å²) in [5, 5.41) is 2.80.